The molecule has 0 unspecified atom stereocenters. The molecule has 0 bridgehead atoms. The SMILES string of the molecule is CC(=O)NCC(=O)N1CCC(Cc2n[nH]c(=O)n2-c2cccs2)CC1. The van der Waals surface area contributed by atoms with Crippen LogP contribution in [0.5, 0.6) is 0 Å². The maximum atomic E-state index is 12.0. The van der Waals surface area contributed by atoms with Crippen LogP contribution in [0.4, 0.5) is 0 Å². The first kappa shape index (κ1) is 17.4. The van der Waals surface area contributed by atoms with Crippen molar-refractivity contribution in [3.63, 3.8) is 0 Å². The van der Waals surface area contributed by atoms with Crippen molar-refractivity contribution >= 4 is 23.2 Å². The molecule has 1 aliphatic rings. The Labute approximate surface area is 148 Å². The zero-order valence-electron chi connectivity index (χ0n) is 14.0. The number of hydrogen-bond acceptors (Lipinski definition) is 5. The van der Waals surface area contributed by atoms with Gasteiger partial charge in [0, 0.05) is 26.4 Å². The molecule has 2 aromatic rings. The second-order valence-electron chi connectivity index (χ2n) is 6.17. The first-order valence-corrected chi connectivity index (χ1v) is 9.15. The number of hydrogen-bond donors (Lipinski definition) is 2. The lowest BCUT2D eigenvalue weighted by atomic mass is 9.93. The third-order valence-corrected chi connectivity index (χ3v) is 5.25. The molecule has 1 fully saturated rings. The fraction of sp³-hybridized carbons (Fsp3) is 0.500. The lowest BCUT2D eigenvalue weighted by Gasteiger charge is -2.31. The molecule has 0 radical (unpaired) electrons. The van der Waals surface area contributed by atoms with Gasteiger partial charge in [-0.25, -0.2) is 14.5 Å². The number of piperidine rings is 1. The molecule has 3 heterocycles. The van der Waals surface area contributed by atoms with Gasteiger partial charge in [0.25, 0.3) is 0 Å². The smallest absolute Gasteiger partial charge is 0.347 e. The number of H-pyrrole nitrogens is 1. The lowest BCUT2D eigenvalue weighted by Crippen LogP contribution is -2.44. The molecule has 0 saturated carbocycles. The minimum absolute atomic E-state index is 0.0519. The molecule has 0 aliphatic carbocycles. The van der Waals surface area contributed by atoms with Crippen molar-refractivity contribution in [1.82, 2.24) is 25.0 Å². The lowest BCUT2D eigenvalue weighted by molar-refractivity contribution is -0.133. The van der Waals surface area contributed by atoms with Gasteiger partial charge >= 0.3 is 5.69 Å². The van der Waals surface area contributed by atoms with Gasteiger partial charge in [-0.1, -0.05) is 0 Å². The Bertz CT molecular complexity index is 787. The van der Waals surface area contributed by atoms with E-state index in [1.165, 1.54) is 18.3 Å². The van der Waals surface area contributed by atoms with Gasteiger partial charge in [-0.05, 0) is 36.3 Å². The largest absolute Gasteiger partial charge is 0.348 e. The summed E-state index contributed by atoms with van der Waals surface area (Å²) < 4.78 is 1.62. The van der Waals surface area contributed by atoms with E-state index in [9.17, 15) is 14.4 Å². The summed E-state index contributed by atoms with van der Waals surface area (Å²) in [6.07, 6.45) is 2.42. The minimum atomic E-state index is -0.222. The van der Waals surface area contributed by atoms with E-state index in [1.54, 1.807) is 9.47 Å². The molecule has 25 heavy (non-hydrogen) atoms. The molecule has 0 aromatic carbocycles. The van der Waals surface area contributed by atoms with Crippen LogP contribution >= 0.6 is 11.3 Å². The highest BCUT2D eigenvalue weighted by atomic mass is 32.1. The molecule has 2 amide bonds. The highest BCUT2D eigenvalue weighted by Gasteiger charge is 2.25. The summed E-state index contributed by atoms with van der Waals surface area (Å²) in [5, 5.41) is 12.0. The van der Waals surface area contributed by atoms with Crippen LogP contribution in [-0.2, 0) is 16.0 Å². The average molecular weight is 363 g/mol. The van der Waals surface area contributed by atoms with E-state index in [2.05, 4.69) is 15.5 Å². The fourth-order valence-corrected chi connectivity index (χ4v) is 3.79. The van der Waals surface area contributed by atoms with Gasteiger partial charge < -0.3 is 10.2 Å². The maximum absolute atomic E-state index is 12.0. The third kappa shape index (κ3) is 4.16. The van der Waals surface area contributed by atoms with Crippen molar-refractivity contribution in [2.24, 2.45) is 5.92 Å². The van der Waals surface area contributed by atoms with E-state index in [0.717, 1.165) is 23.7 Å². The Balaban J connectivity index is 1.58. The number of nitrogens with one attached hydrogen (secondary N) is 2. The first-order valence-electron chi connectivity index (χ1n) is 8.27. The Morgan fingerprint density at radius 2 is 2.16 bits per heavy atom. The predicted molar refractivity (Wildman–Crippen MR) is 93.8 cm³/mol. The van der Waals surface area contributed by atoms with E-state index in [1.807, 2.05) is 17.5 Å². The van der Waals surface area contributed by atoms with Crippen LogP contribution in [-0.4, -0.2) is 51.1 Å². The van der Waals surface area contributed by atoms with Gasteiger partial charge in [-0.15, -0.1) is 11.3 Å². The monoisotopic (exact) mass is 363 g/mol. The van der Waals surface area contributed by atoms with Gasteiger partial charge in [0.15, 0.2) is 0 Å². The van der Waals surface area contributed by atoms with Crippen molar-refractivity contribution in [3.8, 4) is 5.00 Å². The van der Waals surface area contributed by atoms with Crippen molar-refractivity contribution in [2.45, 2.75) is 26.2 Å². The van der Waals surface area contributed by atoms with Crippen LogP contribution < -0.4 is 11.0 Å². The van der Waals surface area contributed by atoms with E-state index in [-0.39, 0.29) is 24.0 Å². The Kier molecular flexibility index (Phi) is 5.32. The van der Waals surface area contributed by atoms with E-state index in [0.29, 0.717) is 25.4 Å². The second kappa shape index (κ2) is 7.64. The number of nitrogens with zero attached hydrogens (tertiary/aromatic N) is 3. The maximum Gasteiger partial charge on any atom is 0.348 e. The fourth-order valence-electron chi connectivity index (χ4n) is 3.05. The van der Waals surface area contributed by atoms with E-state index in [4.69, 9.17) is 0 Å². The molecule has 9 heteroatoms. The molecule has 1 aliphatic heterocycles. The summed E-state index contributed by atoms with van der Waals surface area (Å²) in [5.74, 6) is 0.853. The molecule has 1 saturated heterocycles. The molecular weight excluding hydrogens is 342 g/mol. The van der Waals surface area contributed by atoms with E-state index >= 15 is 0 Å². The normalized spacial score (nSPS) is 15.3. The first-order chi connectivity index (χ1) is 12.0. The quantitative estimate of drug-likeness (QED) is 0.810. The van der Waals surface area contributed by atoms with Gasteiger partial charge in [0.05, 0.1) is 6.54 Å². The van der Waals surface area contributed by atoms with Crippen LogP contribution in [0, 0.1) is 5.92 Å². The third-order valence-electron chi connectivity index (χ3n) is 4.40. The number of thiophene rings is 1. The number of aromatic nitrogens is 3. The number of rotatable bonds is 5. The Morgan fingerprint density at radius 1 is 1.40 bits per heavy atom. The summed E-state index contributed by atoms with van der Waals surface area (Å²) >= 11 is 1.50. The van der Waals surface area contributed by atoms with Gasteiger partial charge in [-0.2, -0.15) is 5.10 Å². The minimum Gasteiger partial charge on any atom is -0.347 e. The summed E-state index contributed by atoms with van der Waals surface area (Å²) in [6, 6.07) is 3.80. The number of carbonyl (C=O) groups excluding carboxylic acids is 2. The highest BCUT2D eigenvalue weighted by Crippen LogP contribution is 2.22. The van der Waals surface area contributed by atoms with Gasteiger partial charge in [0.1, 0.15) is 10.8 Å². The van der Waals surface area contributed by atoms with Crippen LogP contribution in [0.25, 0.3) is 5.00 Å². The molecule has 134 valence electrons. The van der Waals surface area contributed by atoms with Crippen LogP contribution in [0.1, 0.15) is 25.6 Å². The average Bonchev–Trinajstić information content (AvgIpc) is 3.23. The molecular formula is C16H21N5O3S. The van der Waals surface area contributed by atoms with Gasteiger partial charge in [-0.3, -0.25) is 9.59 Å². The van der Waals surface area contributed by atoms with Crippen LogP contribution in [0.3, 0.4) is 0 Å². The Morgan fingerprint density at radius 3 is 2.80 bits per heavy atom. The van der Waals surface area contributed by atoms with E-state index < -0.39 is 0 Å². The van der Waals surface area contributed by atoms with Gasteiger partial charge in [0.2, 0.25) is 11.8 Å². The summed E-state index contributed by atoms with van der Waals surface area (Å²) in [7, 11) is 0. The predicted octanol–water partition coefficient (Wildman–Crippen LogP) is 0.539. The number of likely N-dealkylation sites (tertiary alicyclic amines) is 1. The number of carbonyl (C=O) groups is 2. The van der Waals surface area contributed by atoms with Crippen molar-refractivity contribution in [1.29, 1.82) is 0 Å². The molecule has 0 spiro atoms. The molecule has 0 atom stereocenters. The highest BCUT2D eigenvalue weighted by molar-refractivity contribution is 7.12. The summed E-state index contributed by atoms with van der Waals surface area (Å²) in [5.41, 5.74) is -0.222. The molecule has 3 rings (SSSR count). The summed E-state index contributed by atoms with van der Waals surface area (Å²) in [6.45, 7) is 2.78. The standard InChI is InChI=1S/C16H21N5O3S/c1-11(22)17-10-14(23)20-6-4-12(5-7-20)9-13-18-19-16(24)21(13)15-3-2-8-25-15/h2-3,8,12H,4-7,9-10H2,1H3,(H,17,22)(H,19,24). The number of amides is 2. The second-order valence-corrected chi connectivity index (χ2v) is 7.10. The molecule has 2 N–H and O–H groups in total. The topological polar surface area (TPSA) is 100 Å². The number of aromatic amines is 1. The zero-order chi connectivity index (χ0) is 17.8. The zero-order valence-corrected chi connectivity index (χ0v) is 14.8. The molecule has 8 nitrogen and oxygen atoms in total. The Hall–Kier alpha value is -2.42. The molecule has 2 aromatic heterocycles. The van der Waals surface area contributed by atoms with Crippen molar-refractivity contribution < 1.29 is 9.59 Å². The van der Waals surface area contributed by atoms with Crippen molar-refractivity contribution in [2.75, 3.05) is 19.6 Å². The summed E-state index contributed by atoms with van der Waals surface area (Å²) in [4.78, 5) is 36.7. The van der Waals surface area contributed by atoms with Crippen LogP contribution in [0.15, 0.2) is 22.3 Å². The van der Waals surface area contributed by atoms with Crippen LogP contribution in [0.2, 0.25) is 0 Å². The van der Waals surface area contributed by atoms with Crippen molar-refractivity contribution in [3.05, 3.63) is 33.8 Å².